The molecule has 3 atom stereocenters. The van der Waals surface area contributed by atoms with Gasteiger partial charge in [-0.2, -0.15) is 0 Å². The number of hydrogen-bond donors (Lipinski definition) is 2. The number of β-amino-alcohol motifs (C(OH)–C–C–N with tert-alkyl or cyclic N) is 1. The van der Waals surface area contributed by atoms with Crippen LogP contribution in [0.1, 0.15) is 26.2 Å². The number of rotatable bonds is 6. The number of amides is 1. The molecule has 1 saturated carbocycles. The summed E-state index contributed by atoms with van der Waals surface area (Å²) in [5, 5.41) is 12.6. The lowest BCUT2D eigenvalue weighted by molar-refractivity contribution is -0.136. The molecule has 2 N–H and O–H groups in total. The lowest BCUT2D eigenvalue weighted by Gasteiger charge is -2.31. The molecule has 0 aromatic rings. The number of aliphatic hydroxyl groups excluding tert-OH is 1. The monoisotopic (exact) mass is 256 g/mol. The second kappa shape index (κ2) is 5.99. The maximum absolute atomic E-state index is 12.5. The van der Waals surface area contributed by atoms with Crippen LogP contribution in [0.2, 0.25) is 0 Å². The minimum atomic E-state index is -0.389. The Labute approximate surface area is 108 Å². The van der Waals surface area contributed by atoms with E-state index in [1.807, 2.05) is 4.90 Å². The molecule has 1 aliphatic carbocycles. The van der Waals surface area contributed by atoms with Crippen molar-refractivity contribution in [2.24, 2.45) is 5.92 Å². The molecule has 2 aliphatic rings. The van der Waals surface area contributed by atoms with Crippen molar-refractivity contribution in [2.75, 3.05) is 26.8 Å². The molecule has 0 radical (unpaired) electrons. The zero-order valence-corrected chi connectivity index (χ0v) is 11.3. The van der Waals surface area contributed by atoms with Crippen LogP contribution >= 0.6 is 0 Å². The minimum Gasteiger partial charge on any atom is -0.392 e. The molecule has 1 saturated heterocycles. The van der Waals surface area contributed by atoms with Crippen LogP contribution in [-0.4, -0.2) is 60.9 Å². The van der Waals surface area contributed by atoms with Crippen LogP contribution in [0.15, 0.2) is 0 Å². The third-order valence-electron chi connectivity index (χ3n) is 4.02. The Morgan fingerprint density at radius 1 is 1.56 bits per heavy atom. The molecule has 3 unspecified atom stereocenters. The van der Waals surface area contributed by atoms with Crippen LogP contribution in [0.3, 0.4) is 0 Å². The van der Waals surface area contributed by atoms with E-state index in [9.17, 15) is 9.90 Å². The predicted molar refractivity (Wildman–Crippen MR) is 68.2 cm³/mol. The molecule has 2 fully saturated rings. The number of nitrogens with zero attached hydrogens (tertiary/aromatic N) is 1. The minimum absolute atomic E-state index is 0.114. The highest BCUT2D eigenvalue weighted by Crippen LogP contribution is 2.35. The highest BCUT2D eigenvalue weighted by molar-refractivity contribution is 5.82. The summed E-state index contributed by atoms with van der Waals surface area (Å²) in [6.45, 7) is 3.85. The number of hydrogen-bond acceptors (Lipinski definition) is 4. The molecule has 0 bridgehead atoms. The van der Waals surface area contributed by atoms with Crippen LogP contribution in [0.25, 0.3) is 0 Å². The molecule has 18 heavy (non-hydrogen) atoms. The van der Waals surface area contributed by atoms with Crippen molar-refractivity contribution in [1.29, 1.82) is 0 Å². The second-order valence-corrected chi connectivity index (χ2v) is 5.45. The first-order valence-electron chi connectivity index (χ1n) is 6.84. The van der Waals surface area contributed by atoms with E-state index in [0.29, 0.717) is 32.0 Å². The van der Waals surface area contributed by atoms with Crippen molar-refractivity contribution in [3.05, 3.63) is 0 Å². The molecule has 5 nitrogen and oxygen atoms in total. The number of methoxy groups -OCH3 is 1. The van der Waals surface area contributed by atoms with Crippen LogP contribution in [0, 0.1) is 5.92 Å². The largest absolute Gasteiger partial charge is 0.392 e. The van der Waals surface area contributed by atoms with Crippen molar-refractivity contribution < 1.29 is 14.6 Å². The smallest absolute Gasteiger partial charge is 0.240 e. The van der Waals surface area contributed by atoms with E-state index in [2.05, 4.69) is 12.2 Å². The lowest BCUT2D eigenvalue weighted by Crippen LogP contribution is -2.49. The van der Waals surface area contributed by atoms with E-state index in [4.69, 9.17) is 4.74 Å². The molecule has 1 aliphatic heterocycles. The first-order chi connectivity index (χ1) is 8.63. The second-order valence-electron chi connectivity index (χ2n) is 5.45. The van der Waals surface area contributed by atoms with Gasteiger partial charge in [-0.25, -0.2) is 0 Å². The van der Waals surface area contributed by atoms with Gasteiger partial charge in [-0.1, -0.05) is 0 Å². The van der Waals surface area contributed by atoms with Crippen molar-refractivity contribution in [3.63, 3.8) is 0 Å². The third-order valence-corrected chi connectivity index (χ3v) is 4.02. The van der Waals surface area contributed by atoms with E-state index in [0.717, 1.165) is 0 Å². The number of aliphatic hydroxyl groups is 1. The average molecular weight is 256 g/mol. The Hall–Kier alpha value is -0.650. The molecule has 104 valence electrons. The standard InChI is InChI=1S/C13H24N2O3/c1-9(10-3-4-10)15(5-6-18-2)13(17)12-7-11(16)8-14-12/h9-12,14,16H,3-8H2,1-2H3. The van der Waals surface area contributed by atoms with Crippen LogP contribution in [0.4, 0.5) is 0 Å². The molecule has 1 heterocycles. The molecule has 5 heteroatoms. The first-order valence-corrected chi connectivity index (χ1v) is 6.84. The quantitative estimate of drug-likeness (QED) is 0.701. The van der Waals surface area contributed by atoms with Gasteiger partial charge in [0.2, 0.25) is 5.91 Å². The van der Waals surface area contributed by atoms with E-state index in [1.165, 1.54) is 12.8 Å². The topological polar surface area (TPSA) is 61.8 Å². The van der Waals surface area contributed by atoms with Gasteiger partial charge in [0, 0.05) is 26.2 Å². The fraction of sp³-hybridized carbons (Fsp3) is 0.923. The van der Waals surface area contributed by atoms with E-state index in [-0.39, 0.29) is 24.1 Å². The number of ether oxygens (including phenoxy) is 1. The van der Waals surface area contributed by atoms with Crippen molar-refractivity contribution in [1.82, 2.24) is 10.2 Å². The molecular formula is C13H24N2O3. The summed E-state index contributed by atoms with van der Waals surface area (Å²) in [5.74, 6) is 0.764. The highest BCUT2D eigenvalue weighted by atomic mass is 16.5. The predicted octanol–water partition coefficient (Wildman–Crippen LogP) is -0.0173. The molecular weight excluding hydrogens is 232 g/mol. The summed E-state index contributed by atoms with van der Waals surface area (Å²) < 4.78 is 5.09. The highest BCUT2D eigenvalue weighted by Gasteiger charge is 2.38. The maximum Gasteiger partial charge on any atom is 0.240 e. The van der Waals surface area contributed by atoms with Gasteiger partial charge in [0.15, 0.2) is 0 Å². The molecule has 1 amide bonds. The van der Waals surface area contributed by atoms with Gasteiger partial charge in [0.25, 0.3) is 0 Å². The number of carbonyl (C=O) groups excluding carboxylic acids is 1. The summed E-state index contributed by atoms with van der Waals surface area (Å²) >= 11 is 0. The number of carbonyl (C=O) groups is 1. The lowest BCUT2D eigenvalue weighted by atomic mass is 10.1. The van der Waals surface area contributed by atoms with Gasteiger partial charge in [-0.15, -0.1) is 0 Å². The SMILES string of the molecule is COCCN(C(=O)C1CC(O)CN1)C(C)C1CC1. The Kier molecular flexibility index (Phi) is 4.59. The van der Waals surface area contributed by atoms with Crippen molar-refractivity contribution >= 4 is 5.91 Å². The van der Waals surface area contributed by atoms with Crippen LogP contribution in [0.5, 0.6) is 0 Å². The summed E-state index contributed by atoms with van der Waals surface area (Å²) in [5.41, 5.74) is 0. The maximum atomic E-state index is 12.5. The summed E-state index contributed by atoms with van der Waals surface area (Å²) in [7, 11) is 1.65. The van der Waals surface area contributed by atoms with Crippen LogP contribution < -0.4 is 5.32 Å². The Bertz CT molecular complexity index is 294. The van der Waals surface area contributed by atoms with Crippen molar-refractivity contribution in [3.8, 4) is 0 Å². The normalized spacial score (nSPS) is 29.3. The Morgan fingerprint density at radius 2 is 2.28 bits per heavy atom. The summed E-state index contributed by atoms with van der Waals surface area (Å²) in [4.78, 5) is 14.4. The van der Waals surface area contributed by atoms with Gasteiger partial charge in [-0.05, 0) is 32.1 Å². The Morgan fingerprint density at radius 3 is 2.78 bits per heavy atom. The first kappa shape index (κ1) is 13.8. The fourth-order valence-electron chi connectivity index (χ4n) is 2.64. The molecule has 0 aromatic heterocycles. The van der Waals surface area contributed by atoms with Crippen LogP contribution in [-0.2, 0) is 9.53 Å². The van der Waals surface area contributed by atoms with E-state index in [1.54, 1.807) is 7.11 Å². The van der Waals surface area contributed by atoms with Gasteiger partial charge < -0.3 is 20.1 Å². The Balaban J connectivity index is 1.95. The van der Waals surface area contributed by atoms with Gasteiger partial charge >= 0.3 is 0 Å². The zero-order valence-electron chi connectivity index (χ0n) is 11.3. The zero-order chi connectivity index (χ0) is 13.1. The number of nitrogens with one attached hydrogen (secondary N) is 1. The average Bonchev–Trinajstić information content (AvgIpc) is 3.11. The summed E-state index contributed by atoms with van der Waals surface area (Å²) in [6.07, 6.45) is 2.58. The van der Waals surface area contributed by atoms with Crippen molar-refractivity contribution in [2.45, 2.75) is 44.4 Å². The molecule has 2 rings (SSSR count). The van der Waals surface area contributed by atoms with Gasteiger partial charge in [0.1, 0.15) is 0 Å². The third kappa shape index (κ3) is 3.22. The van der Waals surface area contributed by atoms with E-state index >= 15 is 0 Å². The fourth-order valence-corrected chi connectivity index (χ4v) is 2.64. The molecule has 0 aromatic carbocycles. The van der Waals surface area contributed by atoms with Gasteiger partial charge in [-0.3, -0.25) is 4.79 Å². The van der Waals surface area contributed by atoms with E-state index < -0.39 is 0 Å². The van der Waals surface area contributed by atoms with Gasteiger partial charge in [0.05, 0.1) is 18.8 Å². The molecule has 0 spiro atoms. The summed E-state index contributed by atoms with van der Waals surface area (Å²) in [6, 6.07) is 0.0604.